The molecule has 2 aromatic rings. The van der Waals surface area contributed by atoms with Crippen molar-refractivity contribution in [2.24, 2.45) is 0 Å². The molecular weight excluding hydrogens is 324 g/mol. The van der Waals surface area contributed by atoms with Gasteiger partial charge in [0.05, 0.1) is 5.92 Å². The lowest BCUT2D eigenvalue weighted by Crippen LogP contribution is -2.52. The number of benzene rings is 1. The van der Waals surface area contributed by atoms with Crippen LogP contribution in [0.3, 0.4) is 0 Å². The van der Waals surface area contributed by atoms with Crippen LogP contribution in [0.25, 0.3) is 11.4 Å². The summed E-state index contributed by atoms with van der Waals surface area (Å²) in [7, 11) is 0. The summed E-state index contributed by atoms with van der Waals surface area (Å²) in [4.78, 5) is 42.4. The normalized spacial score (nSPS) is 17.9. The molecule has 4 rings (SSSR count). The van der Waals surface area contributed by atoms with Crippen molar-refractivity contribution in [2.45, 2.75) is 18.8 Å². The summed E-state index contributed by atoms with van der Waals surface area (Å²) in [5.74, 6) is 0.214. The summed E-state index contributed by atoms with van der Waals surface area (Å²) in [5, 5.41) is 3.98. The SMILES string of the molecule is O=C(CN1C(=O)CCC1=O)N1CC(c2nc(-c3ccccc3)no2)C1. The number of imide groups is 1. The van der Waals surface area contributed by atoms with E-state index in [1.54, 1.807) is 4.90 Å². The van der Waals surface area contributed by atoms with Gasteiger partial charge in [-0.25, -0.2) is 0 Å². The fourth-order valence-electron chi connectivity index (χ4n) is 2.98. The van der Waals surface area contributed by atoms with E-state index in [4.69, 9.17) is 4.52 Å². The molecule has 2 aliphatic rings. The first kappa shape index (κ1) is 15.5. The van der Waals surface area contributed by atoms with Crippen LogP contribution in [0, 0.1) is 0 Å². The topological polar surface area (TPSA) is 96.6 Å². The Bertz CT molecular complexity index is 810. The number of carbonyl (C=O) groups excluding carboxylic acids is 3. The molecule has 1 aromatic heterocycles. The van der Waals surface area contributed by atoms with Crippen molar-refractivity contribution >= 4 is 17.7 Å². The Morgan fingerprint density at radius 1 is 1.12 bits per heavy atom. The molecule has 8 nitrogen and oxygen atoms in total. The predicted octanol–water partition coefficient (Wildman–Crippen LogP) is 0.811. The maximum Gasteiger partial charge on any atom is 0.242 e. The average molecular weight is 340 g/mol. The van der Waals surface area contributed by atoms with E-state index in [0.717, 1.165) is 10.5 Å². The van der Waals surface area contributed by atoms with E-state index in [1.165, 1.54) is 0 Å². The fourth-order valence-corrected chi connectivity index (χ4v) is 2.98. The molecule has 2 fully saturated rings. The smallest absolute Gasteiger partial charge is 0.242 e. The van der Waals surface area contributed by atoms with E-state index < -0.39 is 0 Å². The predicted molar refractivity (Wildman–Crippen MR) is 85.0 cm³/mol. The maximum atomic E-state index is 12.2. The molecule has 2 saturated heterocycles. The lowest BCUT2D eigenvalue weighted by molar-refractivity contribution is -0.147. The van der Waals surface area contributed by atoms with Crippen molar-refractivity contribution in [1.29, 1.82) is 0 Å². The van der Waals surface area contributed by atoms with Crippen LogP contribution in [-0.4, -0.2) is 57.3 Å². The molecule has 0 saturated carbocycles. The van der Waals surface area contributed by atoms with E-state index in [2.05, 4.69) is 10.1 Å². The number of amides is 3. The van der Waals surface area contributed by atoms with Crippen LogP contribution in [0.15, 0.2) is 34.9 Å². The van der Waals surface area contributed by atoms with Crippen molar-refractivity contribution in [3.8, 4) is 11.4 Å². The first-order chi connectivity index (χ1) is 12.1. The Labute approximate surface area is 143 Å². The summed E-state index contributed by atoms with van der Waals surface area (Å²) in [5.41, 5.74) is 0.871. The minimum absolute atomic E-state index is 0.0149. The number of aromatic nitrogens is 2. The van der Waals surface area contributed by atoms with Crippen molar-refractivity contribution in [3.05, 3.63) is 36.2 Å². The number of rotatable bonds is 4. The fraction of sp³-hybridized carbons (Fsp3) is 0.353. The first-order valence-corrected chi connectivity index (χ1v) is 8.12. The standard InChI is InChI=1S/C17H16N4O4/c22-13-6-7-14(23)21(13)10-15(24)20-8-12(9-20)17-18-16(19-25-17)11-4-2-1-3-5-11/h1-5,12H,6-10H2. The van der Waals surface area contributed by atoms with Crippen LogP contribution in [0.5, 0.6) is 0 Å². The monoisotopic (exact) mass is 340 g/mol. The van der Waals surface area contributed by atoms with E-state index in [1.807, 2.05) is 30.3 Å². The minimum Gasteiger partial charge on any atom is -0.339 e. The number of hydrogen-bond donors (Lipinski definition) is 0. The summed E-state index contributed by atoms with van der Waals surface area (Å²) in [6.45, 7) is 0.723. The van der Waals surface area contributed by atoms with E-state index in [0.29, 0.717) is 24.8 Å². The van der Waals surface area contributed by atoms with Gasteiger partial charge in [-0.15, -0.1) is 0 Å². The third-order valence-corrected chi connectivity index (χ3v) is 4.51. The highest BCUT2D eigenvalue weighted by molar-refractivity contribution is 6.04. The van der Waals surface area contributed by atoms with Gasteiger partial charge in [0.15, 0.2) is 0 Å². The molecule has 1 aromatic carbocycles. The summed E-state index contributed by atoms with van der Waals surface area (Å²) >= 11 is 0. The maximum absolute atomic E-state index is 12.2. The lowest BCUT2D eigenvalue weighted by Gasteiger charge is -2.37. The van der Waals surface area contributed by atoms with Crippen LogP contribution in [0.1, 0.15) is 24.7 Å². The van der Waals surface area contributed by atoms with Crippen molar-refractivity contribution in [1.82, 2.24) is 19.9 Å². The molecule has 0 atom stereocenters. The van der Waals surface area contributed by atoms with E-state index >= 15 is 0 Å². The Morgan fingerprint density at radius 3 is 2.48 bits per heavy atom. The van der Waals surface area contributed by atoms with Gasteiger partial charge in [-0.2, -0.15) is 4.98 Å². The minimum atomic E-state index is -0.278. The van der Waals surface area contributed by atoms with Gasteiger partial charge in [0.25, 0.3) is 0 Å². The van der Waals surface area contributed by atoms with Crippen LogP contribution in [0.2, 0.25) is 0 Å². The van der Waals surface area contributed by atoms with Crippen molar-refractivity contribution in [3.63, 3.8) is 0 Å². The number of hydrogen-bond acceptors (Lipinski definition) is 6. The van der Waals surface area contributed by atoms with Crippen LogP contribution in [0.4, 0.5) is 0 Å². The van der Waals surface area contributed by atoms with Gasteiger partial charge < -0.3 is 9.42 Å². The molecule has 25 heavy (non-hydrogen) atoms. The Balaban J connectivity index is 1.34. The second-order valence-corrected chi connectivity index (χ2v) is 6.19. The van der Waals surface area contributed by atoms with Gasteiger partial charge >= 0.3 is 0 Å². The highest BCUT2D eigenvalue weighted by Gasteiger charge is 2.38. The second-order valence-electron chi connectivity index (χ2n) is 6.19. The molecule has 3 amide bonds. The molecule has 0 N–H and O–H groups in total. The van der Waals surface area contributed by atoms with Crippen molar-refractivity contribution in [2.75, 3.05) is 19.6 Å². The number of nitrogens with zero attached hydrogens (tertiary/aromatic N) is 4. The van der Waals surface area contributed by atoms with Crippen LogP contribution < -0.4 is 0 Å². The van der Waals surface area contributed by atoms with Gasteiger partial charge in [-0.05, 0) is 0 Å². The molecule has 128 valence electrons. The quantitative estimate of drug-likeness (QED) is 0.764. The highest BCUT2D eigenvalue weighted by atomic mass is 16.5. The van der Waals surface area contributed by atoms with E-state index in [-0.39, 0.29) is 43.0 Å². The zero-order valence-corrected chi connectivity index (χ0v) is 13.4. The summed E-state index contributed by atoms with van der Waals surface area (Å²) in [6.07, 6.45) is 0.387. The Kier molecular flexibility index (Phi) is 3.79. The molecule has 0 bridgehead atoms. The molecule has 0 spiro atoms. The Morgan fingerprint density at radius 2 is 1.80 bits per heavy atom. The second kappa shape index (κ2) is 6.12. The van der Waals surface area contributed by atoms with Gasteiger partial charge in [0, 0.05) is 31.5 Å². The third kappa shape index (κ3) is 2.90. The Hall–Kier alpha value is -3.03. The van der Waals surface area contributed by atoms with Crippen molar-refractivity contribution < 1.29 is 18.9 Å². The van der Waals surface area contributed by atoms with Crippen LogP contribution in [-0.2, 0) is 14.4 Å². The molecular formula is C17H16N4O4. The largest absolute Gasteiger partial charge is 0.339 e. The molecule has 0 radical (unpaired) electrons. The average Bonchev–Trinajstić information content (AvgIpc) is 3.17. The number of likely N-dealkylation sites (tertiary alicyclic amines) is 2. The molecule has 3 heterocycles. The summed E-state index contributed by atoms with van der Waals surface area (Å²) < 4.78 is 5.30. The summed E-state index contributed by atoms with van der Waals surface area (Å²) in [6, 6.07) is 9.51. The van der Waals surface area contributed by atoms with E-state index in [9.17, 15) is 14.4 Å². The molecule has 8 heteroatoms. The van der Waals surface area contributed by atoms with Gasteiger partial charge in [0.1, 0.15) is 6.54 Å². The molecule has 2 aliphatic heterocycles. The highest BCUT2D eigenvalue weighted by Crippen LogP contribution is 2.28. The molecule has 0 unspecified atom stereocenters. The third-order valence-electron chi connectivity index (χ3n) is 4.51. The number of carbonyl (C=O) groups is 3. The zero-order valence-electron chi connectivity index (χ0n) is 13.4. The van der Waals surface area contributed by atoms with Gasteiger partial charge in [0.2, 0.25) is 29.4 Å². The zero-order chi connectivity index (χ0) is 17.4. The first-order valence-electron chi connectivity index (χ1n) is 8.12. The lowest BCUT2D eigenvalue weighted by atomic mass is 10.00. The molecule has 0 aliphatic carbocycles. The van der Waals surface area contributed by atoms with Crippen LogP contribution >= 0.6 is 0 Å². The van der Waals surface area contributed by atoms with Gasteiger partial charge in [-0.1, -0.05) is 35.5 Å². The van der Waals surface area contributed by atoms with Gasteiger partial charge in [-0.3, -0.25) is 19.3 Å².